The minimum absolute atomic E-state index is 0.0215. The van der Waals surface area contributed by atoms with Gasteiger partial charge in [-0.1, -0.05) is 23.7 Å². The first kappa shape index (κ1) is 23.0. The van der Waals surface area contributed by atoms with Gasteiger partial charge in [-0.3, -0.25) is 0 Å². The number of nitrogens with zero attached hydrogens (tertiary/aromatic N) is 2. The third-order valence-corrected chi connectivity index (χ3v) is 8.13. The Labute approximate surface area is 193 Å². The summed E-state index contributed by atoms with van der Waals surface area (Å²) in [6.45, 7) is 1.65. The highest BCUT2D eigenvalue weighted by Crippen LogP contribution is 2.33. The zero-order valence-electron chi connectivity index (χ0n) is 16.8. The van der Waals surface area contributed by atoms with Gasteiger partial charge in [-0.25, -0.2) is 22.2 Å². The predicted octanol–water partition coefficient (Wildman–Crippen LogP) is 4.22. The second-order valence-electron chi connectivity index (χ2n) is 7.53. The predicted molar refractivity (Wildman–Crippen MR) is 118 cm³/mol. The van der Waals surface area contributed by atoms with Gasteiger partial charge in [-0.15, -0.1) is 0 Å². The molecule has 0 radical (unpaired) electrons. The number of nitrogens with one attached hydrogen (secondary N) is 1. The van der Waals surface area contributed by atoms with Crippen LogP contribution in [-0.4, -0.2) is 37.5 Å². The molecule has 1 aliphatic rings. The molecule has 1 N–H and O–H groups in total. The summed E-state index contributed by atoms with van der Waals surface area (Å²) in [7, 11) is -4.12. The van der Waals surface area contributed by atoms with Gasteiger partial charge in [0.1, 0.15) is 27.8 Å². The van der Waals surface area contributed by atoms with Crippen molar-refractivity contribution in [3.8, 4) is 5.75 Å². The first-order valence-electron chi connectivity index (χ1n) is 9.90. The molecule has 1 unspecified atom stereocenters. The highest BCUT2D eigenvalue weighted by Gasteiger charge is 2.28. The fourth-order valence-electron chi connectivity index (χ4n) is 3.80. The standard InChI is InChI=1S/C21H20ClF2N3O3S2/c22-15-3-1-13(2-4-15)16-5-6-25-9-14(16)10-30-19-7-18(24)20(8-17(19)23)32(28,29)11-21-26-12-27-31-21/h1-4,7-8,12,14,16,25H,5-6,9-11H2/t14-,16?/m1/s1. The molecule has 170 valence electrons. The van der Waals surface area contributed by atoms with Crippen LogP contribution in [0.1, 0.15) is 22.9 Å². The molecular weight excluding hydrogens is 480 g/mol. The fourth-order valence-corrected chi connectivity index (χ4v) is 6.11. The molecule has 0 aliphatic carbocycles. The summed E-state index contributed by atoms with van der Waals surface area (Å²) in [5.41, 5.74) is 1.11. The Hall–Kier alpha value is -2.14. The first-order valence-corrected chi connectivity index (χ1v) is 12.7. The molecule has 32 heavy (non-hydrogen) atoms. The molecule has 1 aliphatic heterocycles. The number of benzene rings is 2. The molecule has 0 spiro atoms. The van der Waals surface area contributed by atoms with E-state index in [1.165, 1.54) is 6.33 Å². The Morgan fingerprint density at radius 3 is 2.69 bits per heavy atom. The van der Waals surface area contributed by atoms with Crippen molar-refractivity contribution < 1.29 is 21.9 Å². The average Bonchev–Trinajstić information content (AvgIpc) is 3.27. The molecule has 2 atom stereocenters. The van der Waals surface area contributed by atoms with Crippen LogP contribution in [0.2, 0.25) is 5.02 Å². The number of halogens is 3. The van der Waals surface area contributed by atoms with Crippen LogP contribution >= 0.6 is 23.1 Å². The molecule has 0 saturated carbocycles. The molecule has 4 rings (SSSR count). The number of aromatic nitrogens is 2. The molecule has 0 bridgehead atoms. The van der Waals surface area contributed by atoms with Crippen molar-refractivity contribution in [3.05, 3.63) is 70.0 Å². The lowest BCUT2D eigenvalue weighted by Crippen LogP contribution is -2.38. The minimum Gasteiger partial charge on any atom is -0.490 e. The van der Waals surface area contributed by atoms with Crippen LogP contribution in [0.15, 0.2) is 47.6 Å². The van der Waals surface area contributed by atoms with Crippen molar-refractivity contribution in [3.63, 3.8) is 0 Å². The smallest absolute Gasteiger partial charge is 0.187 e. The molecule has 11 heteroatoms. The molecular formula is C21H20ClF2N3O3S2. The lowest BCUT2D eigenvalue weighted by Gasteiger charge is -2.32. The zero-order chi connectivity index (χ0) is 22.7. The number of ether oxygens (including phenoxy) is 1. The number of piperidine rings is 1. The molecule has 2 aromatic carbocycles. The van der Waals surface area contributed by atoms with Crippen LogP contribution < -0.4 is 10.1 Å². The zero-order valence-corrected chi connectivity index (χ0v) is 19.2. The molecule has 1 saturated heterocycles. The summed E-state index contributed by atoms with van der Waals surface area (Å²) < 4.78 is 63.6. The van der Waals surface area contributed by atoms with Gasteiger partial charge < -0.3 is 10.1 Å². The monoisotopic (exact) mass is 499 g/mol. The Bertz CT molecular complexity index is 1180. The van der Waals surface area contributed by atoms with E-state index in [-0.39, 0.29) is 29.2 Å². The lowest BCUT2D eigenvalue weighted by molar-refractivity contribution is 0.190. The van der Waals surface area contributed by atoms with Gasteiger partial charge in [0.25, 0.3) is 0 Å². The number of sulfone groups is 1. The van der Waals surface area contributed by atoms with E-state index in [2.05, 4.69) is 14.7 Å². The van der Waals surface area contributed by atoms with Gasteiger partial charge in [0.2, 0.25) is 0 Å². The van der Waals surface area contributed by atoms with E-state index >= 15 is 0 Å². The van der Waals surface area contributed by atoms with Crippen molar-refractivity contribution in [1.29, 1.82) is 0 Å². The Morgan fingerprint density at radius 2 is 1.97 bits per heavy atom. The second-order valence-corrected chi connectivity index (χ2v) is 10.8. The van der Waals surface area contributed by atoms with Gasteiger partial charge in [-0.2, -0.15) is 4.37 Å². The molecule has 1 aromatic heterocycles. The van der Waals surface area contributed by atoms with E-state index < -0.39 is 32.1 Å². The summed E-state index contributed by atoms with van der Waals surface area (Å²) in [4.78, 5) is 3.06. The van der Waals surface area contributed by atoms with Crippen LogP contribution in [-0.2, 0) is 15.6 Å². The Kier molecular flexibility index (Phi) is 7.04. The van der Waals surface area contributed by atoms with Crippen molar-refractivity contribution >= 4 is 33.0 Å². The largest absolute Gasteiger partial charge is 0.490 e. The summed E-state index contributed by atoms with van der Waals surface area (Å²) >= 11 is 6.87. The van der Waals surface area contributed by atoms with E-state index in [1.807, 2.05) is 24.3 Å². The molecule has 3 aromatic rings. The van der Waals surface area contributed by atoms with Crippen LogP contribution in [0.5, 0.6) is 5.75 Å². The third-order valence-electron chi connectivity index (χ3n) is 5.40. The van der Waals surface area contributed by atoms with E-state index in [9.17, 15) is 17.2 Å². The number of hydrogen-bond donors (Lipinski definition) is 1. The maximum Gasteiger partial charge on any atom is 0.187 e. The minimum atomic E-state index is -4.12. The maximum absolute atomic E-state index is 14.6. The Morgan fingerprint density at radius 1 is 1.19 bits per heavy atom. The third kappa shape index (κ3) is 5.25. The van der Waals surface area contributed by atoms with Crippen LogP contribution in [0.4, 0.5) is 8.78 Å². The van der Waals surface area contributed by atoms with E-state index in [1.54, 1.807) is 0 Å². The van der Waals surface area contributed by atoms with Gasteiger partial charge in [-0.05, 0) is 54.2 Å². The van der Waals surface area contributed by atoms with Crippen molar-refractivity contribution in [1.82, 2.24) is 14.7 Å². The topological polar surface area (TPSA) is 81.2 Å². The quantitative estimate of drug-likeness (QED) is 0.524. The SMILES string of the molecule is O=S(=O)(Cc1ncns1)c1cc(F)c(OC[C@H]2CNCCC2c2ccc(Cl)cc2)cc1F. The summed E-state index contributed by atoms with van der Waals surface area (Å²) in [5, 5.41) is 4.14. The van der Waals surface area contributed by atoms with Gasteiger partial charge >= 0.3 is 0 Å². The van der Waals surface area contributed by atoms with E-state index in [0.29, 0.717) is 17.6 Å². The van der Waals surface area contributed by atoms with Gasteiger partial charge in [0.05, 0.1) is 6.61 Å². The van der Waals surface area contributed by atoms with E-state index in [4.69, 9.17) is 16.3 Å². The molecule has 0 amide bonds. The molecule has 1 fully saturated rings. The normalized spacial score (nSPS) is 19.1. The van der Waals surface area contributed by atoms with Crippen molar-refractivity contribution in [2.24, 2.45) is 5.92 Å². The number of hydrogen-bond acceptors (Lipinski definition) is 7. The summed E-state index contributed by atoms with van der Waals surface area (Å²) in [6, 6.07) is 9.03. The van der Waals surface area contributed by atoms with Crippen molar-refractivity contribution in [2.45, 2.75) is 23.0 Å². The van der Waals surface area contributed by atoms with E-state index in [0.717, 1.165) is 36.1 Å². The van der Waals surface area contributed by atoms with Crippen LogP contribution in [0.25, 0.3) is 0 Å². The van der Waals surface area contributed by atoms with Crippen LogP contribution in [0, 0.1) is 17.6 Å². The maximum atomic E-state index is 14.6. The summed E-state index contributed by atoms with van der Waals surface area (Å²) in [6.07, 6.45) is 2.08. The summed E-state index contributed by atoms with van der Waals surface area (Å²) in [5.74, 6) is -2.68. The fraction of sp³-hybridized carbons (Fsp3) is 0.333. The van der Waals surface area contributed by atoms with Gasteiger partial charge in [0, 0.05) is 23.6 Å². The molecule has 2 heterocycles. The van der Waals surface area contributed by atoms with Gasteiger partial charge in [0.15, 0.2) is 21.4 Å². The highest BCUT2D eigenvalue weighted by molar-refractivity contribution is 7.90. The lowest BCUT2D eigenvalue weighted by atomic mass is 9.81. The van der Waals surface area contributed by atoms with Crippen molar-refractivity contribution in [2.75, 3.05) is 19.7 Å². The molecule has 6 nitrogen and oxygen atoms in total. The first-order chi connectivity index (χ1) is 15.3. The number of rotatable bonds is 7. The van der Waals surface area contributed by atoms with Crippen LogP contribution in [0.3, 0.4) is 0 Å². The Balaban J connectivity index is 1.49. The average molecular weight is 500 g/mol. The highest BCUT2D eigenvalue weighted by atomic mass is 35.5. The second kappa shape index (κ2) is 9.78.